The van der Waals surface area contributed by atoms with E-state index in [1.165, 1.54) is 0 Å². The Kier molecular flexibility index (Phi) is 8.80. The summed E-state index contributed by atoms with van der Waals surface area (Å²) in [6.07, 6.45) is 4.99. The van der Waals surface area contributed by atoms with E-state index in [0.717, 1.165) is 34.6 Å². The summed E-state index contributed by atoms with van der Waals surface area (Å²) in [5.74, 6) is 0.417. The number of rotatable bonds is 10. The lowest BCUT2D eigenvalue weighted by atomic mass is 9.52. The zero-order chi connectivity index (χ0) is 29.1. The highest BCUT2D eigenvalue weighted by Crippen LogP contribution is 2.58. The molecule has 4 aromatic rings. The molecule has 9 heteroatoms. The van der Waals surface area contributed by atoms with Crippen LogP contribution in [-0.4, -0.2) is 45.6 Å². The van der Waals surface area contributed by atoms with Gasteiger partial charge in [0.15, 0.2) is 0 Å². The zero-order valence-corrected chi connectivity index (χ0v) is 25.0. The van der Waals surface area contributed by atoms with Crippen molar-refractivity contribution in [3.05, 3.63) is 100 Å². The Morgan fingerprint density at radius 3 is 2.56 bits per heavy atom. The maximum absolute atomic E-state index is 13.5. The van der Waals surface area contributed by atoms with Crippen LogP contribution in [0.3, 0.4) is 0 Å². The number of nitrogens with two attached hydrogens (primary N) is 1. The molecule has 1 fully saturated rings. The van der Waals surface area contributed by atoms with Crippen LogP contribution in [0.2, 0.25) is 10.0 Å². The lowest BCUT2D eigenvalue weighted by Gasteiger charge is -2.52. The van der Waals surface area contributed by atoms with Gasteiger partial charge in [0.1, 0.15) is 6.23 Å². The van der Waals surface area contributed by atoms with Crippen molar-refractivity contribution in [2.75, 3.05) is 13.8 Å². The van der Waals surface area contributed by atoms with Crippen molar-refractivity contribution in [3.8, 4) is 16.9 Å². The standard InChI is InChI=1S/C32H35Cl2N5O2/c1-32(2)23(16-30(40)38(3)31(41-20-35)14-21-8-5-4-6-9-21)15-25(32)29-18-28(22-10-7-13-36-19-22)37-39(29)24-11-12-26(33)27(34)17-24/h4-13,17-19,23,25,31H,14-16,20,35H2,1-3H3. The third-order valence-electron chi connectivity index (χ3n) is 8.46. The van der Waals surface area contributed by atoms with Crippen molar-refractivity contribution in [3.63, 3.8) is 0 Å². The van der Waals surface area contributed by atoms with Crippen LogP contribution in [0.25, 0.3) is 16.9 Å². The van der Waals surface area contributed by atoms with E-state index in [2.05, 4.69) is 24.9 Å². The molecule has 214 valence electrons. The number of carbonyl (C=O) groups is 1. The van der Waals surface area contributed by atoms with Crippen molar-refractivity contribution in [1.82, 2.24) is 19.7 Å². The molecule has 0 radical (unpaired) electrons. The van der Waals surface area contributed by atoms with E-state index in [9.17, 15) is 4.79 Å². The largest absolute Gasteiger partial charge is 0.343 e. The molecule has 2 aromatic carbocycles. The Morgan fingerprint density at radius 1 is 1.12 bits per heavy atom. The molecule has 1 saturated carbocycles. The molecule has 41 heavy (non-hydrogen) atoms. The summed E-state index contributed by atoms with van der Waals surface area (Å²) in [5.41, 5.74) is 10.3. The molecular weight excluding hydrogens is 557 g/mol. The Morgan fingerprint density at radius 2 is 1.90 bits per heavy atom. The first kappa shape index (κ1) is 29.3. The predicted molar refractivity (Wildman–Crippen MR) is 163 cm³/mol. The SMILES string of the molecule is CN(C(=O)CC1CC(c2cc(-c3cccnc3)nn2-c2ccc(Cl)c(Cl)c2)C1(C)C)C(Cc1ccccc1)OCN. The Hall–Kier alpha value is -3.23. The molecule has 0 saturated heterocycles. The van der Waals surface area contributed by atoms with Crippen molar-refractivity contribution in [1.29, 1.82) is 0 Å². The molecule has 7 nitrogen and oxygen atoms in total. The normalized spacial score (nSPS) is 18.5. The lowest BCUT2D eigenvalue weighted by Crippen LogP contribution is -2.48. The summed E-state index contributed by atoms with van der Waals surface area (Å²) in [6, 6.07) is 21.6. The van der Waals surface area contributed by atoms with Gasteiger partial charge < -0.3 is 15.4 Å². The predicted octanol–water partition coefficient (Wildman–Crippen LogP) is 6.72. The van der Waals surface area contributed by atoms with Gasteiger partial charge >= 0.3 is 0 Å². The summed E-state index contributed by atoms with van der Waals surface area (Å²) in [5, 5.41) is 5.92. The third-order valence-corrected chi connectivity index (χ3v) is 9.20. The molecular formula is C32H35Cl2N5O2. The van der Waals surface area contributed by atoms with E-state index in [4.69, 9.17) is 38.8 Å². The summed E-state index contributed by atoms with van der Waals surface area (Å²) in [4.78, 5) is 19.5. The first-order valence-corrected chi connectivity index (χ1v) is 14.5. The minimum absolute atomic E-state index is 0.0457. The topological polar surface area (TPSA) is 86.3 Å². The molecule has 2 heterocycles. The molecule has 1 amide bonds. The van der Waals surface area contributed by atoms with Crippen LogP contribution in [0.5, 0.6) is 0 Å². The summed E-state index contributed by atoms with van der Waals surface area (Å²) < 4.78 is 7.73. The van der Waals surface area contributed by atoms with Crippen LogP contribution in [0.15, 0.2) is 79.1 Å². The van der Waals surface area contributed by atoms with Crippen molar-refractivity contribution in [2.45, 2.75) is 45.3 Å². The number of hydrogen-bond acceptors (Lipinski definition) is 5. The number of benzene rings is 2. The van der Waals surface area contributed by atoms with Crippen LogP contribution >= 0.6 is 23.2 Å². The van der Waals surface area contributed by atoms with E-state index in [-0.39, 0.29) is 29.9 Å². The van der Waals surface area contributed by atoms with Gasteiger partial charge in [-0.3, -0.25) is 9.78 Å². The number of likely N-dealkylation sites (N-methyl/N-ethyl adjacent to an activating group) is 1. The van der Waals surface area contributed by atoms with E-state index < -0.39 is 6.23 Å². The van der Waals surface area contributed by atoms with Gasteiger partial charge in [-0.2, -0.15) is 5.10 Å². The maximum atomic E-state index is 13.5. The van der Waals surface area contributed by atoms with Gasteiger partial charge in [-0.25, -0.2) is 4.68 Å². The molecule has 0 bridgehead atoms. The first-order valence-electron chi connectivity index (χ1n) is 13.8. The van der Waals surface area contributed by atoms with Gasteiger partial charge in [-0.15, -0.1) is 0 Å². The second-order valence-electron chi connectivity index (χ2n) is 11.2. The highest BCUT2D eigenvalue weighted by molar-refractivity contribution is 6.42. The number of amides is 1. The molecule has 2 aromatic heterocycles. The van der Waals surface area contributed by atoms with Crippen LogP contribution in [0.4, 0.5) is 0 Å². The van der Waals surface area contributed by atoms with E-state index >= 15 is 0 Å². The van der Waals surface area contributed by atoms with Gasteiger partial charge in [0, 0.05) is 49.5 Å². The number of halogens is 2. The Balaban J connectivity index is 1.37. The second-order valence-corrected chi connectivity index (χ2v) is 12.0. The minimum atomic E-state index is -0.424. The third kappa shape index (κ3) is 6.19. The Bertz CT molecular complexity index is 1490. The van der Waals surface area contributed by atoms with Crippen LogP contribution in [0.1, 0.15) is 43.9 Å². The molecule has 5 rings (SSSR count). The minimum Gasteiger partial charge on any atom is -0.343 e. The zero-order valence-electron chi connectivity index (χ0n) is 23.5. The number of ether oxygens (including phenoxy) is 1. The fourth-order valence-electron chi connectivity index (χ4n) is 5.74. The number of carbonyl (C=O) groups excluding carboxylic acids is 1. The molecule has 2 N–H and O–H groups in total. The fourth-order valence-corrected chi connectivity index (χ4v) is 6.03. The molecule has 0 aliphatic heterocycles. The second kappa shape index (κ2) is 12.3. The van der Waals surface area contributed by atoms with Gasteiger partial charge in [-0.05, 0) is 59.7 Å². The molecule has 3 unspecified atom stereocenters. The summed E-state index contributed by atoms with van der Waals surface area (Å²) >= 11 is 12.6. The number of nitrogens with zero attached hydrogens (tertiary/aromatic N) is 4. The van der Waals surface area contributed by atoms with Crippen LogP contribution in [0, 0.1) is 11.3 Å². The quantitative estimate of drug-likeness (QED) is 0.207. The number of hydrogen-bond donors (Lipinski definition) is 1. The molecule has 3 atom stereocenters. The number of aromatic nitrogens is 3. The van der Waals surface area contributed by atoms with Crippen LogP contribution in [-0.2, 0) is 16.0 Å². The highest BCUT2D eigenvalue weighted by atomic mass is 35.5. The average molecular weight is 593 g/mol. The molecule has 1 aliphatic carbocycles. The van der Waals surface area contributed by atoms with Crippen molar-refractivity contribution < 1.29 is 9.53 Å². The van der Waals surface area contributed by atoms with Crippen molar-refractivity contribution in [2.24, 2.45) is 17.1 Å². The average Bonchev–Trinajstić information content (AvgIpc) is 3.41. The summed E-state index contributed by atoms with van der Waals surface area (Å²) in [6.45, 7) is 4.50. The van der Waals surface area contributed by atoms with Gasteiger partial charge in [0.2, 0.25) is 5.91 Å². The summed E-state index contributed by atoms with van der Waals surface area (Å²) in [7, 11) is 1.80. The maximum Gasteiger partial charge on any atom is 0.224 e. The van der Waals surface area contributed by atoms with Crippen molar-refractivity contribution >= 4 is 29.1 Å². The Labute approximate surface area is 251 Å². The molecule has 0 spiro atoms. The molecule has 1 aliphatic rings. The van der Waals surface area contributed by atoms with Gasteiger partial charge in [0.05, 0.1) is 28.2 Å². The van der Waals surface area contributed by atoms with Gasteiger partial charge in [-0.1, -0.05) is 67.4 Å². The van der Waals surface area contributed by atoms with E-state index in [0.29, 0.717) is 22.9 Å². The van der Waals surface area contributed by atoms with Gasteiger partial charge in [0.25, 0.3) is 0 Å². The van der Waals surface area contributed by atoms with E-state index in [1.807, 2.05) is 65.5 Å². The lowest BCUT2D eigenvalue weighted by molar-refractivity contribution is -0.147. The number of pyridine rings is 1. The van der Waals surface area contributed by atoms with Crippen LogP contribution < -0.4 is 5.73 Å². The first-order chi connectivity index (χ1) is 19.7. The fraction of sp³-hybridized carbons (Fsp3) is 0.344. The monoisotopic (exact) mass is 591 g/mol. The smallest absolute Gasteiger partial charge is 0.224 e. The van der Waals surface area contributed by atoms with E-state index in [1.54, 1.807) is 24.2 Å². The highest BCUT2D eigenvalue weighted by Gasteiger charge is 2.51.